The van der Waals surface area contributed by atoms with Crippen LogP contribution in [0.5, 0.6) is 0 Å². The maximum absolute atomic E-state index is 5.39. The van der Waals surface area contributed by atoms with Crippen LogP contribution in [0.2, 0.25) is 0 Å². The van der Waals surface area contributed by atoms with Gasteiger partial charge in [-0.25, -0.2) is 15.8 Å². The van der Waals surface area contributed by atoms with Crippen molar-refractivity contribution >= 4 is 27.6 Å². The fraction of sp³-hybridized carbons (Fsp3) is 0.667. The van der Waals surface area contributed by atoms with E-state index in [1.807, 2.05) is 0 Å². The van der Waals surface area contributed by atoms with E-state index in [4.69, 9.17) is 5.84 Å². The molecule has 0 amide bonds. The Morgan fingerprint density at radius 2 is 1.94 bits per heavy atom. The van der Waals surface area contributed by atoms with E-state index in [-0.39, 0.29) is 0 Å². The normalized spacial score (nSPS) is 23.7. The monoisotopic (exact) mass is 313 g/mol. The number of nitrogens with zero attached hydrogens (tertiary/aromatic N) is 2. The summed E-state index contributed by atoms with van der Waals surface area (Å²) in [7, 11) is 0. The molecule has 0 unspecified atom stereocenters. The van der Waals surface area contributed by atoms with E-state index >= 15 is 0 Å². The van der Waals surface area contributed by atoms with Crippen molar-refractivity contribution in [2.45, 2.75) is 45.1 Å². The number of nitrogens with one attached hydrogen (secondary N) is 2. The van der Waals surface area contributed by atoms with Crippen LogP contribution in [0.3, 0.4) is 0 Å². The number of anilines is 2. The molecule has 1 saturated carbocycles. The maximum atomic E-state index is 5.39. The smallest absolute Gasteiger partial charge is 0.159 e. The zero-order valence-electron chi connectivity index (χ0n) is 10.6. The minimum Gasteiger partial charge on any atom is -0.366 e. The maximum Gasteiger partial charge on any atom is 0.159 e. The standard InChI is InChI=1S/C12H20BrN5/c1-2-8-3-5-9(6-4-8)17-11-10(13)12(18-14)16-7-15-11/h7-9H,2-6,14H2,1H3,(H2,15,16,17,18). The second kappa shape index (κ2) is 6.33. The molecule has 1 heterocycles. The highest BCUT2D eigenvalue weighted by Crippen LogP contribution is 2.31. The van der Waals surface area contributed by atoms with Gasteiger partial charge in [0, 0.05) is 6.04 Å². The van der Waals surface area contributed by atoms with E-state index in [0.29, 0.717) is 11.9 Å². The van der Waals surface area contributed by atoms with Crippen LogP contribution in [0.4, 0.5) is 11.6 Å². The van der Waals surface area contributed by atoms with Gasteiger partial charge in [-0.2, -0.15) is 0 Å². The van der Waals surface area contributed by atoms with Crippen LogP contribution in [-0.2, 0) is 0 Å². The fourth-order valence-electron chi connectivity index (χ4n) is 2.48. The summed E-state index contributed by atoms with van der Waals surface area (Å²) in [5.41, 5.74) is 2.55. The van der Waals surface area contributed by atoms with Gasteiger partial charge in [0.1, 0.15) is 16.6 Å². The zero-order valence-corrected chi connectivity index (χ0v) is 12.2. The molecular formula is C12H20BrN5. The molecule has 0 radical (unpaired) electrons. The van der Waals surface area contributed by atoms with Gasteiger partial charge < -0.3 is 10.7 Å². The Morgan fingerprint density at radius 1 is 1.28 bits per heavy atom. The number of nitrogens with two attached hydrogens (primary N) is 1. The van der Waals surface area contributed by atoms with E-state index in [2.05, 4.69) is 43.6 Å². The highest BCUT2D eigenvalue weighted by atomic mass is 79.9. The number of aromatic nitrogens is 2. The van der Waals surface area contributed by atoms with Crippen molar-refractivity contribution < 1.29 is 0 Å². The molecule has 1 aromatic heterocycles. The lowest BCUT2D eigenvalue weighted by atomic mass is 9.84. The highest BCUT2D eigenvalue weighted by Gasteiger charge is 2.21. The van der Waals surface area contributed by atoms with E-state index in [0.717, 1.165) is 16.2 Å². The van der Waals surface area contributed by atoms with Gasteiger partial charge >= 0.3 is 0 Å². The van der Waals surface area contributed by atoms with Gasteiger partial charge in [-0.05, 0) is 47.5 Å². The molecule has 0 bridgehead atoms. The van der Waals surface area contributed by atoms with Crippen LogP contribution < -0.4 is 16.6 Å². The summed E-state index contributed by atoms with van der Waals surface area (Å²) in [6.45, 7) is 2.28. The lowest BCUT2D eigenvalue weighted by Gasteiger charge is -2.29. The quantitative estimate of drug-likeness (QED) is 0.588. The summed E-state index contributed by atoms with van der Waals surface area (Å²) in [6.07, 6.45) is 7.84. The van der Waals surface area contributed by atoms with Gasteiger partial charge in [-0.1, -0.05) is 13.3 Å². The van der Waals surface area contributed by atoms with E-state index in [1.54, 1.807) is 0 Å². The predicted octanol–water partition coefficient (Wildman–Crippen LogP) is 2.91. The molecule has 1 aliphatic rings. The predicted molar refractivity (Wildman–Crippen MR) is 77.2 cm³/mol. The molecular weight excluding hydrogens is 294 g/mol. The first-order valence-electron chi connectivity index (χ1n) is 6.48. The first kappa shape index (κ1) is 13.5. The van der Waals surface area contributed by atoms with Gasteiger partial charge in [0.2, 0.25) is 0 Å². The molecule has 1 fully saturated rings. The van der Waals surface area contributed by atoms with Crippen LogP contribution in [0.1, 0.15) is 39.0 Å². The largest absolute Gasteiger partial charge is 0.366 e. The van der Waals surface area contributed by atoms with E-state index < -0.39 is 0 Å². The Balaban J connectivity index is 1.98. The number of hydrogen-bond donors (Lipinski definition) is 3. The van der Waals surface area contributed by atoms with Crippen LogP contribution in [0.15, 0.2) is 10.8 Å². The van der Waals surface area contributed by atoms with Crippen molar-refractivity contribution in [2.24, 2.45) is 11.8 Å². The van der Waals surface area contributed by atoms with Gasteiger partial charge in [0.15, 0.2) is 5.82 Å². The Labute approximate surface area is 116 Å². The third-order valence-electron chi connectivity index (χ3n) is 3.69. The Bertz CT molecular complexity index is 390. The van der Waals surface area contributed by atoms with Gasteiger partial charge in [0.25, 0.3) is 0 Å². The van der Waals surface area contributed by atoms with Crippen LogP contribution in [0.25, 0.3) is 0 Å². The molecule has 1 aromatic rings. The molecule has 0 saturated heterocycles. The average Bonchev–Trinajstić information content (AvgIpc) is 2.42. The van der Waals surface area contributed by atoms with Crippen LogP contribution >= 0.6 is 15.9 Å². The molecule has 1 aliphatic carbocycles. The number of rotatable bonds is 4. The third kappa shape index (κ3) is 3.11. The van der Waals surface area contributed by atoms with Crippen molar-refractivity contribution in [3.63, 3.8) is 0 Å². The Hall–Kier alpha value is -0.880. The number of hydrogen-bond acceptors (Lipinski definition) is 5. The van der Waals surface area contributed by atoms with Crippen molar-refractivity contribution in [3.8, 4) is 0 Å². The molecule has 100 valence electrons. The molecule has 0 aliphatic heterocycles. The van der Waals surface area contributed by atoms with Gasteiger partial charge in [-0.3, -0.25) is 0 Å². The summed E-state index contributed by atoms with van der Waals surface area (Å²) in [5, 5.41) is 3.47. The second-order valence-corrected chi connectivity index (χ2v) is 5.59. The highest BCUT2D eigenvalue weighted by molar-refractivity contribution is 9.10. The molecule has 4 N–H and O–H groups in total. The molecule has 0 aromatic carbocycles. The first-order chi connectivity index (χ1) is 8.74. The van der Waals surface area contributed by atoms with E-state index in [1.165, 1.54) is 38.4 Å². The summed E-state index contributed by atoms with van der Waals surface area (Å²) in [5.74, 6) is 7.72. The zero-order chi connectivity index (χ0) is 13.0. The number of halogens is 1. The Kier molecular flexibility index (Phi) is 4.77. The number of nitrogen functional groups attached to an aromatic ring is 1. The topological polar surface area (TPSA) is 75.9 Å². The minimum absolute atomic E-state index is 0.504. The molecule has 6 heteroatoms. The molecule has 18 heavy (non-hydrogen) atoms. The van der Waals surface area contributed by atoms with Crippen molar-refractivity contribution in [1.82, 2.24) is 9.97 Å². The average molecular weight is 314 g/mol. The third-order valence-corrected chi connectivity index (χ3v) is 4.44. The molecule has 2 rings (SSSR count). The summed E-state index contributed by atoms with van der Waals surface area (Å²) in [4.78, 5) is 8.30. The first-order valence-corrected chi connectivity index (χ1v) is 7.27. The fourth-order valence-corrected chi connectivity index (χ4v) is 2.91. The van der Waals surface area contributed by atoms with Crippen LogP contribution in [0, 0.1) is 5.92 Å². The molecule has 0 atom stereocenters. The van der Waals surface area contributed by atoms with Crippen molar-refractivity contribution in [3.05, 3.63) is 10.8 Å². The SMILES string of the molecule is CCC1CCC(Nc2ncnc(NN)c2Br)CC1. The second-order valence-electron chi connectivity index (χ2n) is 4.80. The molecule has 0 spiro atoms. The van der Waals surface area contributed by atoms with Gasteiger partial charge in [-0.15, -0.1) is 0 Å². The summed E-state index contributed by atoms with van der Waals surface area (Å²) < 4.78 is 0.796. The summed E-state index contributed by atoms with van der Waals surface area (Å²) in [6, 6.07) is 0.504. The van der Waals surface area contributed by atoms with Crippen molar-refractivity contribution in [2.75, 3.05) is 10.7 Å². The summed E-state index contributed by atoms with van der Waals surface area (Å²) >= 11 is 3.46. The van der Waals surface area contributed by atoms with Crippen molar-refractivity contribution in [1.29, 1.82) is 0 Å². The van der Waals surface area contributed by atoms with Crippen LogP contribution in [-0.4, -0.2) is 16.0 Å². The van der Waals surface area contributed by atoms with E-state index in [9.17, 15) is 0 Å². The minimum atomic E-state index is 0.504. The molecule has 5 nitrogen and oxygen atoms in total. The lowest BCUT2D eigenvalue weighted by Crippen LogP contribution is -2.26. The Morgan fingerprint density at radius 3 is 2.56 bits per heavy atom. The lowest BCUT2D eigenvalue weighted by molar-refractivity contribution is 0.330. The number of hydrazine groups is 1. The van der Waals surface area contributed by atoms with Gasteiger partial charge in [0.05, 0.1) is 0 Å².